The van der Waals surface area contributed by atoms with E-state index < -0.39 is 0 Å². The van der Waals surface area contributed by atoms with Crippen LogP contribution in [0.3, 0.4) is 0 Å². The second-order valence-corrected chi connectivity index (χ2v) is 4.61. The van der Waals surface area contributed by atoms with E-state index in [-0.39, 0.29) is 6.04 Å². The summed E-state index contributed by atoms with van der Waals surface area (Å²) in [4.78, 5) is 4.28. The Bertz CT molecular complexity index is 371. The Morgan fingerprint density at radius 1 is 1.53 bits per heavy atom. The SMILES string of the molecule is CCNC(Cc1nccs1)c1cnsn1. The molecule has 0 fully saturated rings. The summed E-state index contributed by atoms with van der Waals surface area (Å²) in [6.45, 7) is 3.02. The van der Waals surface area contributed by atoms with Crippen molar-refractivity contribution in [3.8, 4) is 0 Å². The fourth-order valence-corrected chi connectivity index (χ4v) is 2.52. The highest BCUT2D eigenvalue weighted by Crippen LogP contribution is 2.18. The number of nitrogens with zero attached hydrogens (tertiary/aromatic N) is 3. The number of rotatable bonds is 5. The standard InChI is InChI=1S/C9H12N4S2/c1-2-10-7(8-6-12-15-13-8)5-9-11-3-4-14-9/h3-4,6-7,10H,2,5H2,1H3. The minimum atomic E-state index is 0.236. The molecule has 0 aliphatic carbocycles. The van der Waals surface area contributed by atoms with E-state index in [1.54, 1.807) is 11.3 Å². The Kier molecular flexibility index (Phi) is 3.76. The van der Waals surface area contributed by atoms with E-state index in [1.165, 1.54) is 11.7 Å². The van der Waals surface area contributed by atoms with Crippen LogP contribution in [0.25, 0.3) is 0 Å². The van der Waals surface area contributed by atoms with E-state index >= 15 is 0 Å². The fraction of sp³-hybridized carbons (Fsp3) is 0.444. The molecule has 0 bridgehead atoms. The van der Waals surface area contributed by atoms with Crippen LogP contribution in [0.15, 0.2) is 17.8 Å². The van der Waals surface area contributed by atoms with Gasteiger partial charge in [0.25, 0.3) is 0 Å². The Labute approximate surface area is 96.7 Å². The monoisotopic (exact) mass is 240 g/mol. The Hall–Kier alpha value is -0.850. The lowest BCUT2D eigenvalue weighted by molar-refractivity contribution is 0.539. The largest absolute Gasteiger partial charge is 0.308 e. The molecule has 15 heavy (non-hydrogen) atoms. The summed E-state index contributed by atoms with van der Waals surface area (Å²) in [6.07, 6.45) is 4.55. The van der Waals surface area contributed by atoms with E-state index in [1.807, 2.05) is 17.8 Å². The summed E-state index contributed by atoms with van der Waals surface area (Å²) < 4.78 is 8.29. The summed E-state index contributed by atoms with van der Waals surface area (Å²) in [5.74, 6) is 0. The average Bonchev–Trinajstić information content (AvgIpc) is 2.89. The highest BCUT2D eigenvalue weighted by Gasteiger charge is 2.14. The molecule has 0 aliphatic heterocycles. The van der Waals surface area contributed by atoms with Crippen LogP contribution in [0.5, 0.6) is 0 Å². The van der Waals surface area contributed by atoms with Crippen molar-refractivity contribution in [3.05, 3.63) is 28.5 Å². The highest BCUT2D eigenvalue weighted by atomic mass is 32.1. The van der Waals surface area contributed by atoms with Crippen molar-refractivity contribution >= 4 is 23.1 Å². The van der Waals surface area contributed by atoms with Crippen molar-refractivity contribution < 1.29 is 0 Å². The van der Waals surface area contributed by atoms with Gasteiger partial charge < -0.3 is 5.32 Å². The van der Waals surface area contributed by atoms with Gasteiger partial charge in [-0.25, -0.2) is 4.98 Å². The van der Waals surface area contributed by atoms with Gasteiger partial charge in [-0.3, -0.25) is 0 Å². The molecule has 0 radical (unpaired) electrons. The van der Waals surface area contributed by atoms with Gasteiger partial charge in [0.15, 0.2) is 0 Å². The molecule has 0 amide bonds. The molecule has 1 N–H and O–H groups in total. The molecule has 2 aromatic rings. The zero-order valence-electron chi connectivity index (χ0n) is 8.38. The molecule has 2 aromatic heterocycles. The van der Waals surface area contributed by atoms with Gasteiger partial charge in [0.2, 0.25) is 0 Å². The van der Waals surface area contributed by atoms with Gasteiger partial charge in [-0.2, -0.15) is 8.75 Å². The van der Waals surface area contributed by atoms with E-state index in [4.69, 9.17) is 0 Å². The Balaban J connectivity index is 2.07. The first kappa shape index (κ1) is 10.7. The molecule has 1 unspecified atom stereocenters. The van der Waals surface area contributed by atoms with Gasteiger partial charge in [0, 0.05) is 18.0 Å². The van der Waals surface area contributed by atoms with Gasteiger partial charge >= 0.3 is 0 Å². The molecule has 0 saturated heterocycles. The predicted octanol–water partition coefficient (Wildman–Crippen LogP) is 1.89. The average molecular weight is 240 g/mol. The minimum absolute atomic E-state index is 0.236. The van der Waals surface area contributed by atoms with E-state index in [0.29, 0.717) is 0 Å². The van der Waals surface area contributed by atoms with E-state index in [2.05, 4.69) is 26.0 Å². The number of likely N-dealkylation sites (N-methyl/N-ethyl adjacent to an activating group) is 1. The Morgan fingerprint density at radius 3 is 3.07 bits per heavy atom. The van der Waals surface area contributed by atoms with Crippen molar-refractivity contribution in [1.29, 1.82) is 0 Å². The van der Waals surface area contributed by atoms with Crippen LogP contribution in [0.4, 0.5) is 0 Å². The smallest absolute Gasteiger partial charge is 0.0944 e. The third-order valence-corrected chi connectivity index (χ3v) is 3.34. The normalized spacial score (nSPS) is 12.9. The first-order valence-electron chi connectivity index (χ1n) is 4.79. The van der Waals surface area contributed by atoms with Crippen molar-refractivity contribution in [3.63, 3.8) is 0 Å². The summed E-state index contributed by atoms with van der Waals surface area (Å²) in [7, 11) is 0. The zero-order chi connectivity index (χ0) is 10.5. The van der Waals surface area contributed by atoms with Crippen LogP contribution >= 0.6 is 23.1 Å². The molecule has 0 aromatic carbocycles. The van der Waals surface area contributed by atoms with Gasteiger partial charge in [-0.1, -0.05) is 6.92 Å². The Morgan fingerprint density at radius 2 is 2.47 bits per heavy atom. The molecule has 80 valence electrons. The van der Waals surface area contributed by atoms with Crippen molar-refractivity contribution in [2.75, 3.05) is 6.54 Å². The topological polar surface area (TPSA) is 50.7 Å². The van der Waals surface area contributed by atoms with E-state index in [0.717, 1.165) is 23.7 Å². The van der Waals surface area contributed by atoms with Crippen LogP contribution in [-0.4, -0.2) is 20.3 Å². The van der Waals surface area contributed by atoms with Crippen LogP contribution < -0.4 is 5.32 Å². The fourth-order valence-electron chi connectivity index (χ4n) is 1.38. The summed E-state index contributed by atoms with van der Waals surface area (Å²) in [5, 5.41) is 6.53. The predicted molar refractivity (Wildman–Crippen MR) is 62.1 cm³/mol. The molecule has 0 spiro atoms. The maximum atomic E-state index is 4.28. The summed E-state index contributed by atoms with van der Waals surface area (Å²) in [6, 6.07) is 0.236. The lowest BCUT2D eigenvalue weighted by atomic mass is 10.1. The number of aromatic nitrogens is 3. The summed E-state index contributed by atoms with van der Waals surface area (Å²) >= 11 is 2.93. The van der Waals surface area contributed by atoms with Crippen molar-refractivity contribution in [1.82, 2.24) is 19.0 Å². The molecule has 0 saturated carbocycles. The van der Waals surface area contributed by atoms with Crippen LogP contribution in [0, 0.1) is 0 Å². The first-order chi connectivity index (χ1) is 7.40. The third kappa shape index (κ3) is 2.80. The van der Waals surface area contributed by atoms with Crippen molar-refractivity contribution in [2.24, 2.45) is 0 Å². The first-order valence-corrected chi connectivity index (χ1v) is 6.40. The van der Waals surface area contributed by atoms with Crippen LogP contribution in [0.2, 0.25) is 0 Å². The minimum Gasteiger partial charge on any atom is -0.308 e. The van der Waals surface area contributed by atoms with Gasteiger partial charge in [0.1, 0.15) is 0 Å². The van der Waals surface area contributed by atoms with Crippen LogP contribution in [-0.2, 0) is 6.42 Å². The second-order valence-electron chi connectivity index (χ2n) is 3.07. The second kappa shape index (κ2) is 5.29. The number of nitrogens with one attached hydrogen (secondary N) is 1. The lowest BCUT2D eigenvalue weighted by Crippen LogP contribution is -2.23. The van der Waals surface area contributed by atoms with E-state index in [9.17, 15) is 0 Å². The van der Waals surface area contributed by atoms with Crippen LogP contribution in [0.1, 0.15) is 23.7 Å². The zero-order valence-corrected chi connectivity index (χ0v) is 10.0. The molecule has 2 rings (SSSR count). The molecular formula is C9H12N4S2. The van der Waals surface area contributed by atoms with Gasteiger partial charge in [-0.05, 0) is 6.54 Å². The quantitative estimate of drug-likeness (QED) is 0.867. The molecule has 6 heteroatoms. The number of hydrogen-bond donors (Lipinski definition) is 1. The maximum absolute atomic E-state index is 4.28. The molecule has 4 nitrogen and oxygen atoms in total. The third-order valence-electron chi connectivity index (χ3n) is 2.05. The molecule has 1 atom stereocenters. The van der Waals surface area contributed by atoms with Crippen molar-refractivity contribution in [2.45, 2.75) is 19.4 Å². The molecule has 2 heterocycles. The number of hydrogen-bond acceptors (Lipinski definition) is 6. The maximum Gasteiger partial charge on any atom is 0.0944 e. The van der Waals surface area contributed by atoms with Gasteiger partial charge in [0.05, 0.1) is 34.7 Å². The van der Waals surface area contributed by atoms with Gasteiger partial charge in [-0.15, -0.1) is 11.3 Å². The summed E-state index contributed by atoms with van der Waals surface area (Å²) in [5.41, 5.74) is 1.01. The number of thiazole rings is 1. The lowest BCUT2D eigenvalue weighted by Gasteiger charge is -2.13. The molecular weight excluding hydrogens is 228 g/mol. The highest BCUT2D eigenvalue weighted by molar-refractivity contribution is 7.09. The molecule has 0 aliphatic rings.